The van der Waals surface area contributed by atoms with Crippen LogP contribution in [-0.4, -0.2) is 19.5 Å². The highest BCUT2D eigenvalue weighted by Gasteiger charge is 2.16. The lowest BCUT2D eigenvalue weighted by atomic mass is 10.5. The maximum Gasteiger partial charge on any atom is 0.157 e. The van der Waals surface area contributed by atoms with E-state index in [9.17, 15) is 0 Å². The van der Waals surface area contributed by atoms with E-state index in [1.54, 1.807) is 10.7 Å². The highest BCUT2D eigenvalue weighted by Crippen LogP contribution is 2.21. The minimum Gasteiger partial charge on any atom is -0.345 e. The van der Waals surface area contributed by atoms with Gasteiger partial charge in [0.05, 0.1) is 12.4 Å². The number of imidazole rings is 1. The predicted molar refractivity (Wildman–Crippen MR) is 66.8 cm³/mol. The van der Waals surface area contributed by atoms with Crippen LogP contribution in [0.4, 0.5) is 5.82 Å². The minimum absolute atomic E-state index is 0.833. The first-order valence-electron chi connectivity index (χ1n) is 5.61. The van der Waals surface area contributed by atoms with Crippen molar-refractivity contribution in [2.75, 3.05) is 4.90 Å². The summed E-state index contributed by atoms with van der Waals surface area (Å²) in [6.07, 6.45) is 13.4. The summed E-state index contributed by atoms with van der Waals surface area (Å²) < 4.78 is 1.76. The van der Waals surface area contributed by atoms with Gasteiger partial charge in [0.25, 0.3) is 0 Å². The van der Waals surface area contributed by atoms with Crippen LogP contribution in [0, 0.1) is 0 Å². The monoisotopic (exact) mass is 238 g/mol. The van der Waals surface area contributed by atoms with E-state index in [2.05, 4.69) is 15.4 Å². The molecule has 0 saturated carbocycles. The van der Waals surface area contributed by atoms with E-state index in [0.29, 0.717) is 0 Å². The standard InChI is InChI=1S/C12H10N6/c1-2-10-15-12(9-18(10)14-3-1)17-7-6-16-5-4-13-11(16)8-17/h1-9,13H. The quantitative estimate of drug-likeness (QED) is 0.808. The Morgan fingerprint density at radius 1 is 1.11 bits per heavy atom. The molecule has 1 N–H and O–H groups in total. The van der Waals surface area contributed by atoms with Crippen LogP contribution in [-0.2, 0) is 0 Å². The summed E-state index contributed by atoms with van der Waals surface area (Å²) in [6, 6.07) is 3.81. The van der Waals surface area contributed by atoms with Gasteiger partial charge in [-0.1, -0.05) is 0 Å². The number of nitrogens with one attached hydrogen (secondary N) is 1. The second-order valence-electron chi connectivity index (χ2n) is 4.01. The number of hydrogen-bond donors (Lipinski definition) is 1. The molecule has 4 rings (SSSR count). The molecule has 0 amide bonds. The van der Waals surface area contributed by atoms with Gasteiger partial charge >= 0.3 is 0 Å². The van der Waals surface area contributed by atoms with E-state index >= 15 is 0 Å². The van der Waals surface area contributed by atoms with E-state index in [1.165, 1.54) is 0 Å². The van der Waals surface area contributed by atoms with Crippen molar-refractivity contribution >= 4 is 11.5 Å². The summed E-state index contributed by atoms with van der Waals surface area (Å²) in [5.41, 5.74) is 0.833. The van der Waals surface area contributed by atoms with Gasteiger partial charge < -0.3 is 15.1 Å². The van der Waals surface area contributed by atoms with Crippen molar-refractivity contribution in [1.29, 1.82) is 0 Å². The Hall–Kier alpha value is -2.76. The zero-order valence-electron chi connectivity index (χ0n) is 9.43. The molecule has 0 fully saturated rings. The normalized spacial score (nSPS) is 17.0. The van der Waals surface area contributed by atoms with Gasteiger partial charge in [0.15, 0.2) is 11.5 Å². The Morgan fingerprint density at radius 3 is 3.00 bits per heavy atom. The number of fused-ring (bicyclic) bond motifs is 2. The molecule has 2 aromatic rings. The Balaban J connectivity index is 1.75. The molecular weight excluding hydrogens is 228 g/mol. The molecule has 0 atom stereocenters. The topological polar surface area (TPSA) is 48.7 Å². The fraction of sp³-hybridized carbons (Fsp3) is 0. The molecule has 2 aliphatic rings. The molecule has 6 nitrogen and oxygen atoms in total. The summed E-state index contributed by atoms with van der Waals surface area (Å²) in [5, 5.41) is 7.36. The van der Waals surface area contributed by atoms with E-state index in [0.717, 1.165) is 17.3 Å². The number of nitrogens with zero attached hydrogens (tertiary/aromatic N) is 5. The molecule has 0 bridgehead atoms. The third-order valence-corrected chi connectivity index (χ3v) is 2.88. The largest absolute Gasteiger partial charge is 0.345 e. The fourth-order valence-electron chi connectivity index (χ4n) is 2.00. The van der Waals surface area contributed by atoms with Crippen molar-refractivity contribution in [1.82, 2.24) is 24.8 Å². The van der Waals surface area contributed by atoms with Gasteiger partial charge in [0.1, 0.15) is 5.82 Å². The lowest BCUT2D eigenvalue weighted by molar-refractivity contribution is 0.610. The molecule has 4 heterocycles. The Morgan fingerprint density at radius 2 is 2.06 bits per heavy atom. The van der Waals surface area contributed by atoms with E-state index in [1.807, 2.05) is 59.1 Å². The zero-order valence-corrected chi connectivity index (χ0v) is 9.43. The maximum atomic E-state index is 4.51. The highest BCUT2D eigenvalue weighted by atomic mass is 15.3. The van der Waals surface area contributed by atoms with Gasteiger partial charge in [0, 0.05) is 31.0 Å². The van der Waals surface area contributed by atoms with Crippen molar-refractivity contribution in [3.05, 3.63) is 61.3 Å². The molecule has 0 radical (unpaired) electrons. The van der Waals surface area contributed by atoms with Crippen molar-refractivity contribution in [3.8, 4) is 0 Å². The molecule has 2 aromatic heterocycles. The summed E-state index contributed by atoms with van der Waals surface area (Å²) in [4.78, 5) is 8.48. The maximum absolute atomic E-state index is 4.51. The van der Waals surface area contributed by atoms with E-state index in [4.69, 9.17) is 0 Å². The number of rotatable bonds is 1. The fourth-order valence-corrected chi connectivity index (χ4v) is 2.00. The van der Waals surface area contributed by atoms with Crippen LogP contribution in [0.15, 0.2) is 61.3 Å². The molecule has 2 aliphatic heterocycles. The average Bonchev–Trinajstić information content (AvgIpc) is 3.04. The first-order valence-corrected chi connectivity index (χ1v) is 5.61. The Labute approximate surface area is 103 Å². The molecule has 0 saturated heterocycles. The Kier molecular flexibility index (Phi) is 1.74. The van der Waals surface area contributed by atoms with Gasteiger partial charge in [-0.3, -0.25) is 0 Å². The Bertz CT molecular complexity index is 662. The summed E-state index contributed by atoms with van der Waals surface area (Å²) >= 11 is 0. The van der Waals surface area contributed by atoms with E-state index in [-0.39, 0.29) is 0 Å². The molecule has 0 spiro atoms. The van der Waals surface area contributed by atoms with Gasteiger partial charge in [-0.2, -0.15) is 5.10 Å². The summed E-state index contributed by atoms with van der Waals surface area (Å²) in [7, 11) is 0. The highest BCUT2D eigenvalue weighted by molar-refractivity contribution is 5.54. The van der Waals surface area contributed by atoms with Crippen LogP contribution >= 0.6 is 0 Å². The smallest absolute Gasteiger partial charge is 0.157 e. The summed E-state index contributed by atoms with van der Waals surface area (Å²) in [5.74, 6) is 1.84. The van der Waals surface area contributed by atoms with Gasteiger partial charge in [0.2, 0.25) is 0 Å². The number of hydrogen-bond acceptors (Lipinski definition) is 5. The van der Waals surface area contributed by atoms with Crippen LogP contribution in [0.2, 0.25) is 0 Å². The first-order chi connectivity index (χ1) is 8.90. The third kappa shape index (κ3) is 1.29. The second-order valence-corrected chi connectivity index (χ2v) is 4.01. The van der Waals surface area contributed by atoms with Crippen molar-refractivity contribution in [3.63, 3.8) is 0 Å². The third-order valence-electron chi connectivity index (χ3n) is 2.88. The SMILES string of the molecule is C1=CN2C=CN(c3cn4ncccc4n3)C=C2N1. The molecule has 88 valence electrons. The van der Waals surface area contributed by atoms with Gasteiger partial charge in [-0.25, -0.2) is 9.50 Å². The number of aromatic nitrogens is 3. The van der Waals surface area contributed by atoms with E-state index < -0.39 is 0 Å². The lowest BCUT2D eigenvalue weighted by Crippen LogP contribution is -2.23. The first kappa shape index (κ1) is 9.29. The predicted octanol–water partition coefficient (Wildman–Crippen LogP) is 1.20. The van der Waals surface area contributed by atoms with Gasteiger partial charge in [-0.15, -0.1) is 0 Å². The van der Waals surface area contributed by atoms with Crippen LogP contribution in [0.1, 0.15) is 0 Å². The van der Waals surface area contributed by atoms with Crippen LogP contribution < -0.4 is 10.2 Å². The van der Waals surface area contributed by atoms with Crippen LogP contribution in [0.3, 0.4) is 0 Å². The zero-order chi connectivity index (χ0) is 11.9. The second kappa shape index (κ2) is 3.36. The van der Waals surface area contributed by atoms with Crippen LogP contribution in [0.25, 0.3) is 5.65 Å². The lowest BCUT2D eigenvalue weighted by Gasteiger charge is -2.23. The molecule has 0 aromatic carbocycles. The molecule has 6 heteroatoms. The van der Waals surface area contributed by atoms with Crippen molar-refractivity contribution in [2.45, 2.75) is 0 Å². The molecule has 18 heavy (non-hydrogen) atoms. The van der Waals surface area contributed by atoms with Crippen molar-refractivity contribution < 1.29 is 0 Å². The van der Waals surface area contributed by atoms with Gasteiger partial charge in [-0.05, 0) is 12.1 Å². The molecule has 0 unspecified atom stereocenters. The summed E-state index contributed by atoms with van der Waals surface area (Å²) in [6.45, 7) is 0. The molecular formula is C12H10N6. The average molecular weight is 238 g/mol. The number of anilines is 1. The van der Waals surface area contributed by atoms with Crippen LogP contribution in [0.5, 0.6) is 0 Å². The minimum atomic E-state index is 0.833. The van der Waals surface area contributed by atoms with Crippen molar-refractivity contribution in [2.24, 2.45) is 0 Å². The molecule has 0 aliphatic carbocycles.